The number of nitrogens with zero attached hydrogens (tertiary/aromatic N) is 1. The zero-order valence-corrected chi connectivity index (χ0v) is 11.6. The van der Waals surface area contributed by atoms with Gasteiger partial charge in [-0.15, -0.1) is 0 Å². The van der Waals surface area contributed by atoms with E-state index in [-0.39, 0.29) is 11.9 Å². The number of hydrogen-bond acceptors (Lipinski definition) is 3. The monoisotopic (exact) mass is 274 g/mol. The maximum Gasteiger partial charge on any atom is 0.124 e. The van der Waals surface area contributed by atoms with E-state index in [2.05, 4.69) is 4.90 Å². The SMILES string of the molecule is CCOCCN(C)C(CN)c1ccc(F)cc1Cl. The molecule has 18 heavy (non-hydrogen) atoms. The molecule has 0 spiro atoms. The highest BCUT2D eigenvalue weighted by atomic mass is 35.5. The van der Waals surface area contributed by atoms with Crippen molar-refractivity contribution in [3.63, 3.8) is 0 Å². The molecule has 0 aliphatic carbocycles. The molecule has 1 aromatic carbocycles. The molecule has 0 bridgehead atoms. The van der Waals surface area contributed by atoms with Crippen molar-refractivity contribution >= 4 is 11.6 Å². The first-order chi connectivity index (χ1) is 8.60. The Kier molecular flexibility index (Phi) is 6.57. The zero-order chi connectivity index (χ0) is 13.5. The van der Waals surface area contributed by atoms with E-state index in [1.807, 2.05) is 14.0 Å². The minimum absolute atomic E-state index is 0.0291. The van der Waals surface area contributed by atoms with E-state index >= 15 is 0 Å². The zero-order valence-electron chi connectivity index (χ0n) is 10.8. The largest absolute Gasteiger partial charge is 0.380 e. The summed E-state index contributed by atoms with van der Waals surface area (Å²) in [6, 6.07) is 4.38. The van der Waals surface area contributed by atoms with Gasteiger partial charge in [0.2, 0.25) is 0 Å². The average molecular weight is 275 g/mol. The summed E-state index contributed by atoms with van der Waals surface area (Å²) in [4.78, 5) is 2.06. The smallest absolute Gasteiger partial charge is 0.124 e. The summed E-state index contributed by atoms with van der Waals surface area (Å²) >= 11 is 6.05. The second-order valence-corrected chi connectivity index (χ2v) is 4.50. The number of likely N-dealkylation sites (N-methyl/N-ethyl adjacent to an activating group) is 1. The van der Waals surface area contributed by atoms with Gasteiger partial charge < -0.3 is 10.5 Å². The van der Waals surface area contributed by atoms with Gasteiger partial charge in [0.25, 0.3) is 0 Å². The summed E-state index contributed by atoms with van der Waals surface area (Å²) in [7, 11) is 1.95. The van der Waals surface area contributed by atoms with Gasteiger partial charge in [-0.3, -0.25) is 4.90 Å². The first-order valence-electron chi connectivity index (χ1n) is 6.03. The first kappa shape index (κ1) is 15.4. The van der Waals surface area contributed by atoms with Gasteiger partial charge in [-0.1, -0.05) is 17.7 Å². The fraction of sp³-hybridized carbons (Fsp3) is 0.538. The standard InChI is InChI=1S/C13H20ClFN2O/c1-3-18-7-6-17(2)13(9-16)11-5-4-10(15)8-12(11)14/h4-5,8,13H,3,6-7,9,16H2,1-2H3. The van der Waals surface area contributed by atoms with Gasteiger partial charge in [-0.05, 0) is 31.7 Å². The molecule has 0 radical (unpaired) electrons. The number of benzene rings is 1. The second kappa shape index (κ2) is 7.69. The number of halogens is 2. The Morgan fingerprint density at radius 1 is 1.50 bits per heavy atom. The van der Waals surface area contributed by atoms with Crippen LogP contribution in [-0.4, -0.2) is 38.3 Å². The Morgan fingerprint density at radius 3 is 2.78 bits per heavy atom. The van der Waals surface area contributed by atoms with Gasteiger partial charge >= 0.3 is 0 Å². The molecular weight excluding hydrogens is 255 g/mol. The molecule has 0 heterocycles. The van der Waals surface area contributed by atoms with Gasteiger partial charge in [0.1, 0.15) is 5.82 Å². The fourth-order valence-electron chi connectivity index (χ4n) is 1.82. The molecule has 0 amide bonds. The van der Waals surface area contributed by atoms with Crippen LogP contribution in [-0.2, 0) is 4.74 Å². The normalized spacial score (nSPS) is 13.0. The maximum absolute atomic E-state index is 13.0. The summed E-state index contributed by atoms with van der Waals surface area (Å²) in [5.41, 5.74) is 6.63. The number of ether oxygens (including phenoxy) is 1. The Hall–Kier alpha value is -0.680. The summed E-state index contributed by atoms with van der Waals surface area (Å²) in [5.74, 6) is -0.337. The van der Waals surface area contributed by atoms with Gasteiger partial charge in [-0.2, -0.15) is 0 Å². The third-order valence-corrected chi connectivity index (χ3v) is 3.20. The third-order valence-electron chi connectivity index (χ3n) is 2.87. The maximum atomic E-state index is 13.0. The van der Waals surface area contributed by atoms with Crippen LogP contribution in [0.2, 0.25) is 5.02 Å². The van der Waals surface area contributed by atoms with E-state index in [0.717, 1.165) is 12.1 Å². The third kappa shape index (κ3) is 4.21. The lowest BCUT2D eigenvalue weighted by Gasteiger charge is -2.27. The van der Waals surface area contributed by atoms with Crippen molar-refractivity contribution in [2.24, 2.45) is 5.73 Å². The molecular formula is C13H20ClFN2O. The van der Waals surface area contributed by atoms with E-state index in [1.165, 1.54) is 12.1 Å². The van der Waals surface area contributed by atoms with Crippen molar-refractivity contribution < 1.29 is 9.13 Å². The lowest BCUT2D eigenvalue weighted by molar-refractivity contribution is 0.108. The highest BCUT2D eigenvalue weighted by Gasteiger charge is 2.18. The molecule has 1 rings (SSSR count). The summed E-state index contributed by atoms with van der Waals surface area (Å²) in [6.45, 7) is 4.47. The Balaban J connectivity index is 2.75. The van der Waals surface area contributed by atoms with E-state index in [0.29, 0.717) is 24.8 Å². The van der Waals surface area contributed by atoms with Crippen LogP contribution in [0.25, 0.3) is 0 Å². The minimum Gasteiger partial charge on any atom is -0.380 e. The van der Waals surface area contributed by atoms with E-state index in [1.54, 1.807) is 6.07 Å². The molecule has 1 aromatic rings. The van der Waals surface area contributed by atoms with Crippen LogP contribution >= 0.6 is 11.6 Å². The van der Waals surface area contributed by atoms with Crippen LogP contribution in [0.4, 0.5) is 4.39 Å². The molecule has 0 aromatic heterocycles. The summed E-state index contributed by atoms with van der Waals surface area (Å²) in [6.07, 6.45) is 0. The Morgan fingerprint density at radius 2 is 2.22 bits per heavy atom. The molecule has 0 aliphatic heterocycles. The van der Waals surface area contributed by atoms with Crippen LogP contribution in [0.15, 0.2) is 18.2 Å². The van der Waals surface area contributed by atoms with Gasteiger partial charge in [0, 0.05) is 30.8 Å². The summed E-state index contributed by atoms with van der Waals surface area (Å²) < 4.78 is 18.3. The van der Waals surface area contributed by atoms with Crippen LogP contribution in [0.5, 0.6) is 0 Å². The number of hydrogen-bond donors (Lipinski definition) is 1. The van der Waals surface area contributed by atoms with E-state index < -0.39 is 0 Å². The highest BCUT2D eigenvalue weighted by molar-refractivity contribution is 6.31. The Bertz CT molecular complexity index is 376. The van der Waals surface area contributed by atoms with Crippen LogP contribution in [0.1, 0.15) is 18.5 Å². The van der Waals surface area contributed by atoms with E-state index in [4.69, 9.17) is 22.1 Å². The highest BCUT2D eigenvalue weighted by Crippen LogP contribution is 2.26. The molecule has 0 fully saturated rings. The van der Waals surface area contributed by atoms with Crippen molar-refractivity contribution in [1.82, 2.24) is 4.90 Å². The predicted molar refractivity (Wildman–Crippen MR) is 72.3 cm³/mol. The quantitative estimate of drug-likeness (QED) is 0.776. The van der Waals surface area contributed by atoms with Crippen molar-refractivity contribution in [2.75, 3.05) is 33.4 Å². The number of rotatable bonds is 7. The molecule has 0 saturated heterocycles. The topological polar surface area (TPSA) is 38.5 Å². The molecule has 102 valence electrons. The molecule has 5 heteroatoms. The van der Waals surface area contributed by atoms with Gasteiger partial charge in [-0.25, -0.2) is 4.39 Å². The molecule has 2 N–H and O–H groups in total. The van der Waals surface area contributed by atoms with Crippen LogP contribution < -0.4 is 5.73 Å². The van der Waals surface area contributed by atoms with Crippen molar-refractivity contribution in [3.05, 3.63) is 34.6 Å². The lowest BCUT2D eigenvalue weighted by atomic mass is 10.1. The van der Waals surface area contributed by atoms with Crippen molar-refractivity contribution in [3.8, 4) is 0 Å². The molecule has 1 atom stereocenters. The minimum atomic E-state index is -0.337. The first-order valence-corrected chi connectivity index (χ1v) is 6.41. The average Bonchev–Trinajstić information content (AvgIpc) is 2.33. The van der Waals surface area contributed by atoms with Crippen molar-refractivity contribution in [2.45, 2.75) is 13.0 Å². The lowest BCUT2D eigenvalue weighted by Crippen LogP contribution is -2.33. The van der Waals surface area contributed by atoms with Crippen LogP contribution in [0.3, 0.4) is 0 Å². The molecule has 0 saturated carbocycles. The second-order valence-electron chi connectivity index (χ2n) is 4.09. The molecule has 3 nitrogen and oxygen atoms in total. The molecule has 0 aliphatic rings. The molecule has 1 unspecified atom stereocenters. The fourth-order valence-corrected chi connectivity index (χ4v) is 2.12. The Labute approximate surface area is 113 Å². The summed E-state index contributed by atoms with van der Waals surface area (Å²) in [5, 5.41) is 0.411. The predicted octanol–water partition coefficient (Wildman–Crippen LogP) is 2.45. The van der Waals surface area contributed by atoms with Crippen LogP contribution in [0, 0.1) is 5.82 Å². The van der Waals surface area contributed by atoms with Gasteiger partial charge in [0.05, 0.1) is 6.61 Å². The van der Waals surface area contributed by atoms with Crippen molar-refractivity contribution in [1.29, 1.82) is 0 Å². The van der Waals surface area contributed by atoms with Gasteiger partial charge in [0.15, 0.2) is 0 Å². The number of nitrogens with two attached hydrogens (primary N) is 1. The van der Waals surface area contributed by atoms with E-state index in [9.17, 15) is 4.39 Å².